The van der Waals surface area contributed by atoms with Crippen LogP contribution < -0.4 is 10.6 Å². The van der Waals surface area contributed by atoms with E-state index in [4.69, 9.17) is 4.74 Å². The maximum atomic E-state index is 13.2. The highest BCUT2D eigenvalue weighted by Crippen LogP contribution is 2.38. The fourth-order valence-corrected chi connectivity index (χ4v) is 3.87. The van der Waals surface area contributed by atoms with Gasteiger partial charge in [0.1, 0.15) is 12.1 Å². The number of nitrogens with zero attached hydrogens (tertiary/aromatic N) is 1. The molecule has 1 aliphatic carbocycles. The van der Waals surface area contributed by atoms with E-state index in [2.05, 4.69) is 10.6 Å². The number of urea groups is 1. The number of nitrogens with one attached hydrogen (secondary N) is 2. The summed E-state index contributed by atoms with van der Waals surface area (Å²) in [6, 6.07) is 7.03. The zero-order valence-electron chi connectivity index (χ0n) is 15.2. The molecule has 3 rings (SSSR count). The van der Waals surface area contributed by atoms with Gasteiger partial charge in [-0.3, -0.25) is 14.5 Å². The number of carbonyl (C=O) groups excluding carboxylic acids is 3. The Morgan fingerprint density at radius 1 is 1.35 bits per heavy atom. The second-order valence-electron chi connectivity index (χ2n) is 7.01. The highest BCUT2D eigenvalue weighted by atomic mass is 16.5. The van der Waals surface area contributed by atoms with E-state index in [-0.39, 0.29) is 24.4 Å². The molecule has 140 valence electrons. The maximum Gasteiger partial charge on any atom is 0.325 e. The van der Waals surface area contributed by atoms with E-state index in [0.29, 0.717) is 13.0 Å². The van der Waals surface area contributed by atoms with Crippen molar-refractivity contribution in [2.75, 3.05) is 20.3 Å². The van der Waals surface area contributed by atoms with Gasteiger partial charge in [0.05, 0.1) is 6.61 Å². The first-order valence-electron chi connectivity index (χ1n) is 8.99. The van der Waals surface area contributed by atoms with Crippen LogP contribution in [0.2, 0.25) is 0 Å². The van der Waals surface area contributed by atoms with Gasteiger partial charge < -0.3 is 15.4 Å². The van der Waals surface area contributed by atoms with Crippen molar-refractivity contribution in [1.29, 1.82) is 0 Å². The van der Waals surface area contributed by atoms with Gasteiger partial charge in [0.15, 0.2) is 0 Å². The molecule has 1 fully saturated rings. The first kappa shape index (κ1) is 18.4. The third-order valence-corrected chi connectivity index (χ3v) is 5.03. The Labute approximate surface area is 153 Å². The van der Waals surface area contributed by atoms with Gasteiger partial charge in [0, 0.05) is 13.2 Å². The molecule has 7 heteroatoms. The largest absolute Gasteiger partial charge is 0.383 e. The summed E-state index contributed by atoms with van der Waals surface area (Å²) in [6.45, 7) is 1.88. The average Bonchev–Trinajstić information content (AvgIpc) is 2.75. The van der Waals surface area contributed by atoms with E-state index < -0.39 is 11.6 Å². The number of hydrogen-bond donors (Lipinski definition) is 2. The van der Waals surface area contributed by atoms with Crippen LogP contribution in [0.4, 0.5) is 4.79 Å². The van der Waals surface area contributed by atoms with Gasteiger partial charge in [-0.25, -0.2) is 4.79 Å². The Morgan fingerprint density at radius 3 is 2.88 bits per heavy atom. The Kier molecular flexibility index (Phi) is 5.27. The Balaban J connectivity index is 1.82. The van der Waals surface area contributed by atoms with E-state index in [1.54, 1.807) is 14.0 Å². The van der Waals surface area contributed by atoms with Crippen LogP contribution in [0.1, 0.15) is 37.3 Å². The normalized spacial score (nSPS) is 23.4. The topological polar surface area (TPSA) is 87.7 Å². The Hall–Kier alpha value is -2.41. The molecule has 4 amide bonds. The molecule has 1 aliphatic heterocycles. The van der Waals surface area contributed by atoms with E-state index in [1.807, 2.05) is 24.3 Å². The molecule has 2 N–H and O–H groups in total. The van der Waals surface area contributed by atoms with E-state index in [1.165, 1.54) is 0 Å². The fourth-order valence-electron chi connectivity index (χ4n) is 3.87. The zero-order chi connectivity index (χ0) is 18.7. The lowest BCUT2D eigenvalue weighted by atomic mass is 9.84. The summed E-state index contributed by atoms with van der Waals surface area (Å²) in [7, 11) is 1.55. The van der Waals surface area contributed by atoms with Gasteiger partial charge in [-0.05, 0) is 43.7 Å². The summed E-state index contributed by atoms with van der Waals surface area (Å²) in [4.78, 5) is 39.0. The SMILES string of the molecule is COCC(C)NC(=O)CN1C(=O)NC2(CCCCc3ccccc32)C1=O. The van der Waals surface area contributed by atoms with Crippen molar-refractivity contribution >= 4 is 17.8 Å². The molecule has 1 aromatic rings. The molecule has 26 heavy (non-hydrogen) atoms. The van der Waals surface area contributed by atoms with Crippen LogP contribution in [0.5, 0.6) is 0 Å². The number of fused-ring (bicyclic) bond motifs is 2. The fraction of sp³-hybridized carbons (Fsp3) is 0.526. The smallest absolute Gasteiger partial charge is 0.325 e. The predicted octanol–water partition coefficient (Wildman–Crippen LogP) is 1.31. The van der Waals surface area contributed by atoms with Crippen molar-refractivity contribution in [3.05, 3.63) is 35.4 Å². The quantitative estimate of drug-likeness (QED) is 0.776. The van der Waals surface area contributed by atoms with Crippen LogP contribution in [0.25, 0.3) is 0 Å². The minimum atomic E-state index is -1.05. The summed E-state index contributed by atoms with van der Waals surface area (Å²) in [6.07, 6.45) is 3.24. The molecule has 1 saturated heterocycles. The van der Waals surface area contributed by atoms with Crippen LogP contribution in [-0.2, 0) is 26.3 Å². The zero-order valence-corrected chi connectivity index (χ0v) is 15.2. The number of rotatable bonds is 5. The van der Waals surface area contributed by atoms with Crippen molar-refractivity contribution in [2.45, 2.75) is 44.2 Å². The lowest BCUT2D eigenvalue weighted by Crippen LogP contribution is -2.46. The highest BCUT2D eigenvalue weighted by Gasteiger charge is 2.53. The molecule has 2 unspecified atom stereocenters. The molecule has 1 aromatic carbocycles. The van der Waals surface area contributed by atoms with E-state index in [0.717, 1.165) is 35.3 Å². The van der Waals surface area contributed by atoms with Crippen molar-refractivity contribution in [3.8, 4) is 0 Å². The van der Waals surface area contributed by atoms with Crippen LogP contribution in [-0.4, -0.2) is 49.0 Å². The minimum absolute atomic E-state index is 0.194. The number of carbonyl (C=O) groups is 3. The number of aryl methyl sites for hydroxylation is 1. The molecule has 0 bridgehead atoms. The Bertz CT molecular complexity index is 720. The van der Waals surface area contributed by atoms with Gasteiger partial charge in [-0.15, -0.1) is 0 Å². The lowest BCUT2D eigenvalue weighted by Gasteiger charge is -2.27. The molecule has 0 radical (unpaired) electrons. The molecule has 2 aliphatic rings. The standard InChI is InChI=1S/C19H25N3O4/c1-13(12-26-2)20-16(23)11-22-17(24)19(21-18(22)25)10-6-5-8-14-7-3-4-9-15(14)19/h3-4,7,9,13H,5-6,8,10-12H2,1-2H3,(H,20,23)(H,21,25). The number of amides is 4. The summed E-state index contributed by atoms with van der Waals surface area (Å²) >= 11 is 0. The molecule has 0 saturated carbocycles. The van der Waals surface area contributed by atoms with E-state index in [9.17, 15) is 14.4 Å². The molecular weight excluding hydrogens is 334 g/mol. The number of imide groups is 1. The predicted molar refractivity (Wildman–Crippen MR) is 95.4 cm³/mol. The number of hydrogen-bond acceptors (Lipinski definition) is 4. The molecule has 0 aromatic heterocycles. The summed E-state index contributed by atoms with van der Waals surface area (Å²) in [5, 5.41) is 5.62. The monoisotopic (exact) mass is 359 g/mol. The molecular formula is C19H25N3O4. The highest BCUT2D eigenvalue weighted by molar-refractivity contribution is 6.09. The molecule has 2 atom stereocenters. The summed E-state index contributed by atoms with van der Waals surface area (Å²) in [5.41, 5.74) is 0.882. The molecule has 1 heterocycles. The summed E-state index contributed by atoms with van der Waals surface area (Å²) in [5.74, 6) is -0.719. The van der Waals surface area contributed by atoms with Crippen molar-refractivity contribution in [3.63, 3.8) is 0 Å². The van der Waals surface area contributed by atoms with Crippen molar-refractivity contribution in [2.24, 2.45) is 0 Å². The van der Waals surface area contributed by atoms with Gasteiger partial charge in [0.25, 0.3) is 5.91 Å². The molecule has 7 nitrogen and oxygen atoms in total. The average molecular weight is 359 g/mol. The Morgan fingerprint density at radius 2 is 2.12 bits per heavy atom. The van der Waals surface area contributed by atoms with Crippen LogP contribution in [0.3, 0.4) is 0 Å². The second kappa shape index (κ2) is 7.45. The number of ether oxygens (including phenoxy) is 1. The van der Waals surface area contributed by atoms with Gasteiger partial charge in [-0.2, -0.15) is 0 Å². The van der Waals surface area contributed by atoms with Crippen LogP contribution >= 0.6 is 0 Å². The maximum absolute atomic E-state index is 13.2. The van der Waals surface area contributed by atoms with Gasteiger partial charge >= 0.3 is 6.03 Å². The van der Waals surface area contributed by atoms with Crippen molar-refractivity contribution < 1.29 is 19.1 Å². The first-order valence-corrected chi connectivity index (χ1v) is 8.99. The lowest BCUT2D eigenvalue weighted by molar-refractivity contribution is -0.135. The first-order chi connectivity index (χ1) is 12.5. The van der Waals surface area contributed by atoms with Crippen molar-refractivity contribution in [1.82, 2.24) is 15.5 Å². The molecule has 1 spiro atoms. The second-order valence-corrected chi connectivity index (χ2v) is 7.01. The minimum Gasteiger partial charge on any atom is -0.383 e. The van der Waals surface area contributed by atoms with Gasteiger partial charge in [-0.1, -0.05) is 24.3 Å². The van der Waals surface area contributed by atoms with Crippen LogP contribution in [0, 0.1) is 0 Å². The number of methoxy groups -OCH3 is 1. The third-order valence-electron chi connectivity index (χ3n) is 5.03. The third kappa shape index (κ3) is 3.31. The van der Waals surface area contributed by atoms with Gasteiger partial charge in [0.2, 0.25) is 5.91 Å². The van der Waals surface area contributed by atoms with E-state index >= 15 is 0 Å². The number of benzene rings is 1. The summed E-state index contributed by atoms with van der Waals surface area (Å²) < 4.78 is 4.99. The van der Waals surface area contributed by atoms with Crippen LogP contribution in [0.15, 0.2) is 24.3 Å².